The first-order valence-electron chi connectivity index (χ1n) is 6.42. The second-order valence-corrected chi connectivity index (χ2v) is 5.27. The van der Waals surface area contributed by atoms with Crippen molar-refractivity contribution in [1.82, 2.24) is 14.6 Å². The molecule has 5 heteroatoms. The molecule has 2 aromatic rings. The van der Waals surface area contributed by atoms with E-state index in [-0.39, 0.29) is 0 Å². The van der Waals surface area contributed by atoms with Crippen molar-refractivity contribution in [3.05, 3.63) is 24.0 Å². The van der Waals surface area contributed by atoms with E-state index in [2.05, 4.69) is 34.0 Å². The first-order valence-corrected chi connectivity index (χ1v) is 6.96. The van der Waals surface area contributed by atoms with Crippen LogP contribution in [0.5, 0.6) is 0 Å². The molecule has 1 aliphatic heterocycles. The summed E-state index contributed by atoms with van der Waals surface area (Å²) in [5.41, 5.74) is 2.14. The minimum Gasteiger partial charge on any atom is -0.353 e. The van der Waals surface area contributed by atoms with E-state index in [0.717, 1.165) is 24.4 Å². The lowest BCUT2D eigenvalue weighted by atomic mass is 10.1. The monoisotopic (exact) mass is 264 g/mol. The van der Waals surface area contributed by atoms with Crippen molar-refractivity contribution in [1.29, 1.82) is 0 Å². The van der Waals surface area contributed by atoms with Crippen LogP contribution in [0.3, 0.4) is 0 Å². The summed E-state index contributed by atoms with van der Waals surface area (Å²) in [5.74, 6) is 1.86. The quantitative estimate of drug-likeness (QED) is 0.799. The van der Waals surface area contributed by atoms with Gasteiger partial charge in [0.1, 0.15) is 12.1 Å². The fourth-order valence-electron chi connectivity index (χ4n) is 2.80. The van der Waals surface area contributed by atoms with Gasteiger partial charge in [0.2, 0.25) is 0 Å². The lowest BCUT2D eigenvalue weighted by Gasteiger charge is -2.26. The van der Waals surface area contributed by atoms with Crippen molar-refractivity contribution in [3.8, 4) is 0 Å². The highest BCUT2D eigenvalue weighted by atomic mass is 35.5. The molecule has 0 N–H and O–H groups in total. The van der Waals surface area contributed by atoms with Crippen molar-refractivity contribution in [2.45, 2.75) is 32.2 Å². The van der Waals surface area contributed by atoms with Crippen LogP contribution in [0.25, 0.3) is 5.65 Å². The molecule has 0 saturated carbocycles. The first-order chi connectivity index (χ1) is 8.79. The number of aryl methyl sites for hydroxylation is 1. The molecule has 0 bridgehead atoms. The predicted octanol–water partition coefficient (Wildman–Crippen LogP) is 2.64. The van der Waals surface area contributed by atoms with Gasteiger partial charge in [0.25, 0.3) is 0 Å². The fourth-order valence-corrected chi connectivity index (χ4v) is 3.06. The van der Waals surface area contributed by atoms with E-state index in [9.17, 15) is 0 Å². The molecule has 0 aliphatic carbocycles. The highest BCUT2D eigenvalue weighted by Gasteiger charge is 2.26. The lowest BCUT2D eigenvalue weighted by Crippen LogP contribution is -2.31. The zero-order chi connectivity index (χ0) is 12.5. The summed E-state index contributed by atoms with van der Waals surface area (Å²) in [4.78, 5) is 6.71. The van der Waals surface area contributed by atoms with Gasteiger partial charge in [-0.3, -0.25) is 0 Å². The number of alkyl halides is 1. The topological polar surface area (TPSA) is 33.4 Å². The smallest absolute Gasteiger partial charge is 0.157 e. The summed E-state index contributed by atoms with van der Waals surface area (Å²) in [5, 5.41) is 4.33. The molecule has 2 aromatic heterocycles. The fraction of sp³-hybridized carbons (Fsp3) is 0.538. The number of hydrogen-bond donors (Lipinski definition) is 0. The van der Waals surface area contributed by atoms with Crippen LogP contribution in [0.1, 0.15) is 24.8 Å². The minimum absolute atomic E-state index is 0.539. The second-order valence-electron chi connectivity index (χ2n) is 4.89. The third-order valence-electron chi connectivity index (χ3n) is 3.62. The van der Waals surface area contributed by atoms with Gasteiger partial charge in [0, 0.05) is 18.5 Å². The number of fused-ring (bicyclic) bond motifs is 1. The molecule has 0 radical (unpaired) electrons. The molecule has 3 heterocycles. The van der Waals surface area contributed by atoms with Crippen LogP contribution >= 0.6 is 11.6 Å². The molecule has 3 rings (SSSR count). The second kappa shape index (κ2) is 4.76. The summed E-state index contributed by atoms with van der Waals surface area (Å²) < 4.78 is 1.93. The maximum Gasteiger partial charge on any atom is 0.157 e. The van der Waals surface area contributed by atoms with Gasteiger partial charge < -0.3 is 4.90 Å². The van der Waals surface area contributed by atoms with Crippen LogP contribution in [-0.2, 0) is 0 Å². The molecule has 96 valence electrons. The standard InChI is InChI=1S/C13H17ClN4/c1-10-7-12-15-9-16-18(12)13(8-10)17-6-2-3-11(17)4-5-14/h7-9,11H,2-6H2,1H3. The van der Waals surface area contributed by atoms with Gasteiger partial charge in [-0.25, -0.2) is 4.98 Å². The average molecular weight is 265 g/mol. The van der Waals surface area contributed by atoms with Crippen LogP contribution in [0.4, 0.5) is 5.82 Å². The van der Waals surface area contributed by atoms with Crippen LogP contribution in [0.15, 0.2) is 18.5 Å². The van der Waals surface area contributed by atoms with Crippen LogP contribution in [-0.4, -0.2) is 33.1 Å². The molecule has 1 atom stereocenters. The van der Waals surface area contributed by atoms with Crippen molar-refractivity contribution in [2.24, 2.45) is 0 Å². The zero-order valence-electron chi connectivity index (χ0n) is 10.5. The summed E-state index contributed by atoms with van der Waals surface area (Å²) in [7, 11) is 0. The Balaban J connectivity index is 2.04. The SMILES string of the molecule is Cc1cc(N2CCCC2CCCl)n2ncnc2c1. The van der Waals surface area contributed by atoms with E-state index in [0.29, 0.717) is 11.9 Å². The number of nitrogens with zero attached hydrogens (tertiary/aromatic N) is 4. The maximum atomic E-state index is 5.90. The average Bonchev–Trinajstić information content (AvgIpc) is 2.96. The Labute approximate surface area is 112 Å². The van der Waals surface area contributed by atoms with E-state index in [1.54, 1.807) is 6.33 Å². The molecule has 0 aromatic carbocycles. The Morgan fingerprint density at radius 3 is 3.17 bits per heavy atom. The highest BCUT2D eigenvalue weighted by molar-refractivity contribution is 6.17. The van der Waals surface area contributed by atoms with Gasteiger partial charge in [0.15, 0.2) is 5.65 Å². The number of pyridine rings is 1. The van der Waals surface area contributed by atoms with Gasteiger partial charge in [-0.1, -0.05) is 0 Å². The number of aromatic nitrogens is 3. The Bertz CT molecular complexity index is 551. The molecule has 0 spiro atoms. The Morgan fingerprint density at radius 2 is 2.33 bits per heavy atom. The third kappa shape index (κ3) is 1.94. The normalized spacial score (nSPS) is 19.9. The molecular formula is C13H17ClN4. The molecule has 4 nitrogen and oxygen atoms in total. The van der Waals surface area contributed by atoms with Crippen LogP contribution < -0.4 is 4.90 Å². The van der Waals surface area contributed by atoms with Crippen molar-refractivity contribution in [3.63, 3.8) is 0 Å². The Hall–Kier alpha value is -1.29. The summed E-state index contributed by atoms with van der Waals surface area (Å²) in [6, 6.07) is 4.79. The number of anilines is 1. The molecule has 1 fully saturated rings. The van der Waals surface area contributed by atoms with Gasteiger partial charge in [-0.15, -0.1) is 11.6 Å². The van der Waals surface area contributed by atoms with E-state index in [1.807, 2.05) is 4.52 Å². The Kier molecular flexibility index (Phi) is 3.12. The number of rotatable bonds is 3. The van der Waals surface area contributed by atoms with Gasteiger partial charge in [-0.2, -0.15) is 9.61 Å². The predicted molar refractivity (Wildman–Crippen MR) is 73.4 cm³/mol. The minimum atomic E-state index is 0.539. The van der Waals surface area contributed by atoms with Gasteiger partial charge in [0.05, 0.1) is 0 Å². The van der Waals surface area contributed by atoms with Gasteiger partial charge in [-0.05, 0) is 43.9 Å². The molecule has 1 unspecified atom stereocenters. The highest BCUT2D eigenvalue weighted by Crippen LogP contribution is 2.28. The number of halogens is 1. The molecule has 18 heavy (non-hydrogen) atoms. The van der Waals surface area contributed by atoms with Crippen molar-refractivity contribution >= 4 is 23.1 Å². The molecule has 0 amide bonds. The molecular weight excluding hydrogens is 248 g/mol. The van der Waals surface area contributed by atoms with Crippen molar-refractivity contribution in [2.75, 3.05) is 17.3 Å². The van der Waals surface area contributed by atoms with Crippen LogP contribution in [0.2, 0.25) is 0 Å². The van der Waals surface area contributed by atoms with Gasteiger partial charge >= 0.3 is 0 Å². The van der Waals surface area contributed by atoms with E-state index in [4.69, 9.17) is 11.6 Å². The zero-order valence-corrected chi connectivity index (χ0v) is 11.3. The summed E-state index contributed by atoms with van der Waals surface area (Å²) >= 11 is 5.90. The van der Waals surface area contributed by atoms with E-state index >= 15 is 0 Å². The maximum absolute atomic E-state index is 5.90. The first kappa shape index (κ1) is 11.8. The third-order valence-corrected chi connectivity index (χ3v) is 3.84. The number of hydrogen-bond acceptors (Lipinski definition) is 3. The lowest BCUT2D eigenvalue weighted by molar-refractivity contribution is 0.637. The summed E-state index contributed by atoms with van der Waals surface area (Å²) in [6.45, 7) is 3.19. The summed E-state index contributed by atoms with van der Waals surface area (Å²) in [6.07, 6.45) is 5.10. The van der Waals surface area contributed by atoms with Crippen LogP contribution in [0, 0.1) is 6.92 Å². The van der Waals surface area contributed by atoms with Crippen molar-refractivity contribution < 1.29 is 0 Å². The van der Waals surface area contributed by atoms with E-state index in [1.165, 1.54) is 18.4 Å². The largest absolute Gasteiger partial charge is 0.353 e. The molecule has 1 aliphatic rings. The Morgan fingerprint density at radius 1 is 1.44 bits per heavy atom. The van der Waals surface area contributed by atoms with E-state index < -0.39 is 0 Å². The molecule has 1 saturated heterocycles.